The molecule has 62 valence electrons. The largest absolute Gasteiger partial charge is 0.270 e. The fourth-order valence-electron chi connectivity index (χ4n) is 0.992. The zero-order chi connectivity index (χ0) is 8.43. The molecule has 0 aliphatic rings. The molecule has 1 heterocycles. The van der Waals surface area contributed by atoms with Crippen molar-refractivity contribution in [2.75, 3.05) is 0 Å². The van der Waals surface area contributed by atoms with E-state index in [9.17, 15) is 0 Å². The van der Waals surface area contributed by atoms with Gasteiger partial charge in [-0.3, -0.25) is 4.68 Å². The molecular weight excluding hydrogens is 180 g/mol. The zero-order valence-corrected chi connectivity index (χ0v) is 8.28. The van der Waals surface area contributed by atoms with E-state index in [2.05, 4.69) is 17.7 Å². The molecule has 0 radical (unpaired) electrons. The van der Waals surface area contributed by atoms with Crippen LogP contribution in [0.5, 0.6) is 0 Å². The Morgan fingerprint density at radius 3 is 2.55 bits per heavy atom. The van der Waals surface area contributed by atoms with Crippen LogP contribution in [0.4, 0.5) is 0 Å². The van der Waals surface area contributed by atoms with Crippen molar-refractivity contribution in [3.8, 4) is 0 Å². The van der Waals surface area contributed by atoms with Crippen LogP contribution in [0.25, 0.3) is 0 Å². The van der Waals surface area contributed by atoms with Gasteiger partial charge in [-0.15, -0.1) is 0 Å². The van der Waals surface area contributed by atoms with Crippen LogP contribution in [0.3, 0.4) is 0 Å². The van der Waals surface area contributed by atoms with Gasteiger partial charge in [-0.05, 0) is 6.42 Å². The standard InChI is InChI=1S/C7H11ClN2S/c1-3-5-7(8)6(4-11)10(2)9-5/h11H,3-4H2,1-2H3. The Bertz CT molecular complexity index is 257. The maximum Gasteiger partial charge on any atom is 0.0858 e. The van der Waals surface area contributed by atoms with E-state index >= 15 is 0 Å². The first-order chi connectivity index (χ1) is 5.20. The monoisotopic (exact) mass is 190 g/mol. The van der Waals surface area contributed by atoms with Crippen molar-refractivity contribution in [2.24, 2.45) is 7.05 Å². The molecule has 0 saturated carbocycles. The van der Waals surface area contributed by atoms with Crippen molar-refractivity contribution in [3.63, 3.8) is 0 Å². The number of rotatable bonds is 2. The van der Waals surface area contributed by atoms with Gasteiger partial charge in [0.1, 0.15) is 0 Å². The van der Waals surface area contributed by atoms with Gasteiger partial charge in [0.25, 0.3) is 0 Å². The van der Waals surface area contributed by atoms with E-state index in [1.165, 1.54) is 0 Å². The quantitative estimate of drug-likeness (QED) is 0.707. The Morgan fingerprint density at radius 1 is 1.64 bits per heavy atom. The molecular formula is C7H11ClN2S. The van der Waals surface area contributed by atoms with Crippen molar-refractivity contribution in [2.45, 2.75) is 19.1 Å². The summed E-state index contributed by atoms with van der Waals surface area (Å²) in [6.45, 7) is 2.04. The van der Waals surface area contributed by atoms with Gasteiger partial charge >= 0.3 is 0 Å². The predicted molar refractivity (Wildman–Crippen MR) is 50.3 cm³/mol. The summed E-state index contributed by atoms with van der Waals surface area (Å²) in [6, 6.07) is 0. The minimum Gasteiger partial charge on any atom is -0.270 e. The lowest BCUT2D eigenvalue weighted by molar-refractivity contribution is 0.720. The fraction of sp³-hybridized carbons (Fsp3) is 0.571. The van der Waals surface area contributed by atoms with Crippen LogP contribution in [0.1, 0.15) is 18.3 Å². The van der Waals surface area contributed by atoms with Crippen LogP contribution >= 0.6 is 24.2 Å². The Hall–Kier alpha value is -0.150. The lowest BCUT2D eigenvalue weighted by Crippen LogP contribution is -1.95. The minimum atomic E-state index is 0.641. The molecule has 0 aliphatic carbocycles. The van der Waals surface area contributed by atoms with Gasteiger partial charge in [-0.25, -0.2) is 0 Å². The van der Waals surface area contributed by atoms with Crippen molar-refractivity contribution < 1.29 is 0 Å². The summed E-state index contributed by atoms with van der Waals surface area (Å²) in [6.07, 6.45) is 0.875. The molecule has 1 rings (SSSR count). The van der Waals surface area contributed by atoms with E-state index in [1.807, 2.05) is 14.0 Å². The van der Waals surface area contributed by atoms with Gasteiger partial charge in [0.2, 0.25) is 0 Å². The van der Waals surface area contributed by atoms with Gasteiger partial charge < -0.3 is 0 Å². The van der Waals surface area contributed by atoms with Gasteiger partial charge in [0, 0.05) is 12.8 Å². The van der Waals surface area contributed by atoms with Crippen molar-refractivity contribution in [1.29, 1.82) is 0 Å². The maximum absolute atomic E-state index is 6.00. The molecule has 0 fully saturated rings. The molecule has 0 aromatic carbocycles. The van der Waals surface area contributed by atoms with E-state index in [4.69, 9.17) is 11.6 Å². The molecule has 0 spiro atoms. The fourth-order valence-corrected chi connectivity index (χ4v) is 1.81. The van der Waals surface area contributed by atoms with Crippen molar-refractivity contribution >= 4 is 24.2 Å². The minimum absolute atomic E-state index is 0.641. The number of hydrogen-bond acceptors (Lipinski definition) is 2. The molecule has 0 saturated heterocycles. The smallest absolute Gasteiger partial charge is 0.0858 e. The summed E-state index contributed by atoms with van der Waals surface area (Å²) in [5.41, 5.74) is 1.95. The van der Waals surface area contributed by atoms with Gasteiger partial charge in [-0.2, -0.15) is 17.7 Å². The Balaban J connectivity index is 3.14. The normalized spacial score (nSPS) is 10.5. The van der Waals surface area contributed by atoms with Crippen LogP contribution in [0.2, 0.25) is 5.02 Å². The summed E-state index contributed by atoms with van der Waals surface area (Å²) in [5.74, 6) is 0.641. The molecule has 0 atom stereocenters. The van der Waals surface area contributed by atoms with E-state index in [1.54, 1.807) is 4.68 Å². The Morgan fingerprint density at radius 2 is 2.27 bits per heavy atom. The SMILES string of the molecule is CCc1nn(C)c(CS)c1Cl. The predicted octanol–water partition coefficient (Wildman–Crippen LogP) is 2.07. The molecule has 2 nitrogen and oxygen atoms in total. The second-order valence-corrected chi connectivity index (χ2v) is 3.04. The molecule has 0 bridgehead atoms. The van der Waals surface area contributed by atoms with E-state index < -0.39 is 0 Å². The highest BCUT2D eigenvalue weighted by Crippen LogP contribution is 2.21. The Labute approximate surface area is 77.0 Å². The van der Waals surface area contributed by atoms with Crippen molar-refractivity contribution in [1.82, 2.24) is 9.78 Å². The lowest BCUT2D eigenvalue weighted by Gasteiger charge is -1.94. The number of aryl methyl sites for hydroxylation is 2. The molecule has 11 heavy (non-hydrogen) atoms. The number of thiol groups is 1. The van der Waals surface area contributed by atoms with E-state index in [0.29, 0.717) is 5.75 Å². The van der Waals surface area contributed by atoms with Gasteiger partial charge in [0.05, 0.1) is 16.4 Å². The molecule has 1 aromatic heterocycles. The number of aromatic nitrogens is 2. The maximum atomic E-state index is 6.00. The third-order valence-corrected chi connectivity index (χ3v) is 2.39. The second-order valence-electron chi connectivity index (χ2n) is 2.34. The highest BCUT2D eigenvalue weighted by molar-refractivity contribution is 7.79. The summed E-state index contributed by atoms with van der Waals surface area (Å²) in [7, 11) is 1.89. The highest BCUT2D eigenvalue weighted by Gasteiger charge is 2.10. The van der Waals surface area contributed by atoms with Crippen LogP contribution in [-0.4, -0.2) is 9.78 Å². The summed E-state index contributed by atoms with van der Waals surface area (Å²) in [5, 5.41) is 5.00. The third-order valence-electron chi connectivity index (χ3n) is 1.65. The van der Waals surface area contributed by atoms with Crippen LogP contribution < -0.4 is 0 Å². The first-order valence-corrected chi connectivity index (χ1v) is 4.52. The van der Waals surface area contributed by atoms with E-state index in [0.717, 1.165) is 22.8 Å². The number of nitrogens with zero attached hydrogens (tertiary/aromatic N) is 2. The molecule has 1 aromatic rings. The molecule has 4 heteroatoms. The van der Waals surface area contributed by atoms with Crippen LogP contribution in [0.15, 0.2) is 0 Å². The lowest BCUT2D eigenvalue weighted by atomic mass is 10.3. The highest BCUT2D eigenvalue weighted by atomic mass is 35.5. The molecule has 0 unspecified atom stereocenters. The average Bonchev–Trinajstić information content (AvgIpc) is 2.26. The topological polar surface area (TPSA) is 17.8 Å². The third kappa shape index (κ3) is 1.54. The molecule has 0 aliphatic heterocycles. The van der Waals surface area contributed by atoms with Crippen molar-refractivity contribution in [3.05, 3.63) is 16.4 Å². The van der Waals surface area contributed by atoms with Gasteiger partial charge in [0.15, 0.2) is 0 Å². The summed E-state index contributed by atoms with van der Waals surface area (Å²) >= 11 is 10.2. The number of halogens is 1. The first kappa shape index (κ1) is 8.94. The van der Waals surface area contributed by atoms with Crippen LogP contribution in [0, 0.1) is 0 Å². The molecule has 0 N–H and O–H groups in total. The zero-order valence-electron chi connectivity index (χ0n) is 6.63. The second kappa shape index (κ2) is 3.50. The summed E-state index contributed by atoms with van der Waals surface area (Å²) < 4.78 is 1.79. The average molecular weight is 191 g/mol. The van der Waals surface area contributed by atoms with Gasteiger partial charge in [-0.1, -0.05) is 18.5 Å². The molecule has 0 amide bonds. The van der Waals surface area contributed by atoms with Crippen LogP contribution in [-0.2, 0) is 19.2 Å². The first-order valence-electron chi connectivity index (χ1n) is 3.51. The van der Waals surface area contributed by atoms with E-state index in [-0.39, 0.29) is 0 Å². The summed E-state index contributed by atoms with van der Waals surface area (Å²) in [4.78, 5) is 0. The Kier molecular flexibility index (Phi) is 2.84. The number of hydrogen-bond donors (Lipinski definition) is 1.